The van der Waals surface area contributed by atoms with Crippen molar-refractivity contribution < 1.29 is 9.52 Å². The van der Waals surface area contributed by atoms with Crippen molar-refractivity contribution in [2.75, 3.05) is 0 Å². The average Bonchev–Trinajstić information content (AvgIpc) is 2.74. The summed E-state index contributed by atoms with van der Waals surface area (Å²) in [5.74, 6) is 1.65. The van der Waals surface area contributed by atoms with Gasteiger partial charge in [0.15, 0.2) is 0 Å². The van der Waals surface area contributed by atoms with Gasteiger partial charge in [0.25, 0.3) is 0 Å². The number of hydrogen-bond acceptors (Lipinski definition) is 3. The number of aliphatic hydroxyl groups is 1. The van der Waals surface area contributed by atoms with Gasteiger partial charge in [0.05, 0.1) is 6.10 Å². The molecular formula is C12H13BrO2S. The van der Waals surface area contributed by atoms with Gasteiger partial charge in [-0.25, -0.2) is 0 Å². The Morgan fingerprint density at radius 1 is 1.50 bits per heavy atom. The predicted molar refractivity (Wildman–Crippen MR) is 68.9 cm³/mol. The van der Waals surface area contributed by atoms with Gasteiger partial charge in [0.2, 0.25) is 0 Å². The first kappa shape index (κ1) is 11.9. The van der Waals surface area contributed by atoms with Crippen LogP contribution in [0.3, 0.4) is 0 Å². The lowest BCUT2D eigenvalue weighted by Crippen LogP contribution is -2.01. The predicted octanol–water partition coefficient (Wildman–Crippen LogP) is 4.00. The van der Waals surface area contributed by atoms with Crippen LogP contribution < -0.4 is 0 Å². The van der Waals surface area contributed by atoms with Gasteiger partial charge in [-0.15, -0.1) is 11.3 Å². The van der Waals surface area contributed by atoms with Crippen molar-refractivity contribution in [1.82, 2.24) is 0 Å². The van der Waals surface area contributed by atoms with E-state index in [4.69, 9.17) is 4.42 Å². The van der Waals surface area contributed by atoms with Crippen molar-refractivity contribution in [3.63, 3.8) is 0 Å². The average molecular weight is 301 g/mol. The summed E-state index contributed by atoms with van der Waals surface area (Å²) in [5, 5.41) is 12.2. The fourth-order valence-corrected chi connectivity index (χ4v) is 3.29. The molecule has 2 aromatic rings. The Morgan fingerprint density at radius 2 is 2.25 bits per heavy atom. The molecule has 86 valence electrons. The normalized spacial score (nSPS) is 13.0. The third-order valence-corrected chi connectivity index (χ3v) is 4.46. The maximum atomic E-state index is 10.1. The highest BCUT2D eigenvalue weighted by atomic mass is 79.9. The van der Waals surface area contributed by atoms with E-state index in [9.17, 15) is 5.11 Å². The largest absolute Gasteiger partial charge is 0.466 e. The Balaban J connectivity index is 2.17. The first-order chi connectivity index (χ1) is 7.58. The van der Waals surface area contributed by atoms with Gasteiger partial charge in [-0.05, 0) is 47.3 Å². The number of thiophene rings is 1. The molecule has 2 rings (SSSR count). The number of rotatable bonds is 3. The second-order valence-corrected chi connectivity index (χ2v) is 5.64. The number of aliphatic hydroxyl groups excluding tert-OH is 1. The monoisotopic (exact) mass is 300 g/mol. The molecule has 0 saturated heterocycles. The number of furan rings is 1. The zero-order valence-corrected chi connectivity index (χ0v) is 11.6. The van der Waals surface area contributed by atoms with Crippen LogP contribution in [-0.2, 0) is 6.42 Å². The van der Waals surface area contributed by atoms with Crippen molar-refractivity contribution in [3.05, 3.63) is 43.9 Å². The maximum Gasteiger partial charge on any atom is 0.106 e. The molecule has 2 aromatic heterocycles. The number of aryl methyl sites for hydroxylation is 2. The zero-order valence-electron chi connectivity index (χ0n) is 9.16. The summed E-state index contributed by atoms with van der Waals surface area (Å²) < 4.78 is 6.48. The summed E-state index contributed by atoms with van der Waals surface area (Å²) >= 11 is 5.11. The summed E-state index contributed by atoms with van der Waals surface area (Å²) in [6.45, 7) is 3.78. The van der Waals surface area contributed by atoms with Gasteiger partial charge in [-0.2, -0.15) is 0 Å². The SMILES string of the molecule is Cc1cc(C(O)Cc2sccc2Br)c(C)o1. The van der Waals surface area contributed by atoms with E-state index in [0.29, 0.717) is 6.42 Å². The topological polar surface area (TPSA) is 33.4 Å². The molecule has 0 aliphatic rings. The van der Waals surface area contributed by atoms with E-state index < -0.39 is 6.10 Å². The highest BCUT2D eigenvalue weighted by molar-refractivity contribution is 9.10. The maximum absolute atomic E-state index is 10.1. The van der Waals surface area contributed by atoms with E-state index >= 15 is 0 Å². The summed E-state index contributed by atoms with van der Waals surface area (Å²) in [6.07, 6.45) is 0.130. The first-order valence-corrected chi connectivity index (χ1v) is 6.72. The van der Waals surface area contributed by atoms with Crippen LogP contribution in [0.2, 0.25) is 0 Å². The molecule has 0 spiro atoms. The molecule has 0 radical (unpaired) electrons. The number of halogens is 1. The van der Waals surface area contributed by atoms with Gasteiger partial charge in [-0.1, -0.05) is 0 Å². The van der Waals surface area contributed by atoms with Crippen molar-refractivity contribution in [3.8, 4) is 0 Å². The molecule has 0 fully saturated rings. The third-order valence-electron chi connectivity index (χ3n) is 2.51. The molecule has 16 heavy (non-hydrogen) atoms. The molecule has 1 atom stereocenters. The van der Waals surface area contributed by atoms with E-state index in [1.165, 1.54) is 0 Å². The highest BCUT2D eigenvalue weighted by Crippen LogP contribution is 2.30. The van der Waals surface area contributed by atoms with Gasteiger partial charge in [0, 0.05) is 21.3 Å². The molecule has 1 N–H and O–H groups in total. The Bertz CT molecular complexity index is 487. The van der Waals surface area contributed by atoms with Crippen molar-refractivity contribution >= 4 is 27.3 Å². The molecule has 0 aliphatic heterocycles. The Hall–Kier alpha value is -0.580. The quantitative estimate of drug-likeness (QED) is 0.929. The Labute approximate surface area is 107 Å². The second kappa shape index (κ2) is 4.73. The smallest absolute Gasteiger partial charge is 0.106 e. The minimum atomic E-state index is -0.493. The standard InChI is InChI=1S/C12H13BrO2S/c1-7-5-9(8(2)15-7)11(14)6-12-10(13)3-4-16-12/h3-5,11,14H,6H2,1-2H3. The molecule has 0 amide bonds. The van der Waals surface area contributed by atoms with E-state index in [0.717, 1.165) is 26.4 Å². The molecule has 0 aliphatic carbocycles. The van der Waals surface area contributed by atoms with Crippen LogP contribution in [0.4, 0.5) is 0 Å². The lowest BCUT2D eigenvalue weighted by molar-refractivity contribution is 0.177. The lowest BCUT2D eigenvalue weighted by atomic mass is 10.1. The minimum Gasteiger partial charge on any atom is -0.466 e. The molecule has 4 heteroatoms. The van der Waals surface area contributed by atoms with Gasteiger partial charge in [0.1, 0.15) is 11.5 Å². The number of hydrogen-bond donors (Lipinski definition) is 1. The van der Waals surface area contributed by atoms with E-state index in [1.54, 1.807) is 11.3 Å². The highest BCUT2D eigenvalue weighted by Gasteiger charge is 2.16. The minimum absolute atomic E-state index is 0.493. The second-order valence-electron chi connectivity index (χ2n) is 3.78. The van der Waals surface area contributed by atoms with E-state index in [-0.39, 0.29) is 0 Å². The lowest BCUT2D eigenvalue weighted by Gasteiger charge is -2.08. The molecule has 0 aromatic carbocycles. The molecule has 0 bridgehead atoms. The van der Waals surface area contributed by atoms with Crippen molar-refractivity contribution in [2.24, 2.45) is 0 Å². The summed E-state index contributed by atoms with van der Waals surface area (Å²) in [7, 11) is 0. The molecule has 2 heterocycles. The Morgan fingerprint density at radius 3 is 2.75 bits per heavy atom. The summed E-state index contributed by atoms with van der Waals surface area (Å²) in [4.78, 5) is 1.16. The first-order valence-electron chi connectivity index (χ1n) is 5.05. The molecule has 2 nitrogen and oxygen atoms in total. The van der Waals surface area contributed by atoms with Crippen LogP contribution in [-0.4, -0.2) is 5.11 Å². The van der Waals surface area contributed by atoms with Gasteiger partial charge < -0.3 is 9.52 Å². The van der Waals surface area contributed by atoms with Gasteiger partial charge in [-0.3, -0.25) is 0 Å². The molecule has 1 unspecified atom stereocenters. The van der Waals surface area contributed by atoms with E-state index in [1.807, 2.05) is 31.4 Å². The zero-order chi connectivity index (χ0) is 11.7. The van der Waals surface area contributed by atoms with Gasteiger partial charge >= 0.3 is 0 Å². The van der Waals surface area contributed by atoms with Crippen LogP contribution in [0.25, 0.3) is 0 Å². The summed E-state index contributed by atoms with van der Waals surface area (Å²) in [5.41, 5.74) is 0.887. The fourth-order valence-electron chi connectivity index (χ4n) is 1.74. The Kier molecular flexibility index (Phi) is 3.52. The van der Waals surface area contributed by atoms with Crippen molar-refractivity contribution in [1.29, 1.82) is 0 Å². The van der Waals surface area contributed by atoms with E-state index in [2.05, 4.69) is 15.9 Å². The fraction of sp³-hybridized carbons (Fsp3) is 0.333. The van der Waals surface area contributed by atoms with Crippen LogP contribution in [0.1, 0.15) is 28.1 Å². The van der Waals surface area contributed by atoms with Crippen molar-refractivity contribution in [2.45, 2.75) is 26.4 Å². The molecule has 0 saturated carbocycles. The molecular weight excluding hydrogens is 288 g/mol. The van der Waals surface area contributed by atoms with Crippen LogP contribution in [0, 0.1) is 13.8 Å². The summed E-state index contributed by atoms with van der Waals surface area (Å²) in [6, 6.07) is 3.90. The van der Waals surface area contributed by atoms with Crippen LogP contribution in [0.5, 0.6) is 0 Å². The van der Waals surface area contributed by atoms with Crippen LogP contribution in [0.15, 0.2) is 26.4 Å². The third kappa shape index (κ3) is 2.39. The van der Waals surface area contributed by atoms with Crippen LogP contribution >= 0.6 is 27.3 Å².